The second kappa shape index (κ2) is 14.0. The largest absolute Gasteiger partial charge is 0.481 e. The fourth-order valence-corrected chi connectivity index (χ4v) is 7.09. The predicted molar refractivity (Wildman–Crippen MR) is 145 cm³/mol. The minimum atomic E-state index is -0.806. The second-order valence-corrected chi connectivity index (χ2v) is 12.1. The molecule has 0 bridgehead atoms. The normalized spacial score (nSPS) is 21.0. The Morgan fingerprint density at radius 2 is 1.72 bits per heavy atom. The van der Waals surface area contributed by atoms with Gasteiger partial charge in [-0.3, -0.25) is 10.1 Å². The number of ether oxygens (including phenoxy) is 1. The lowest BCUT2D eigenvalue weighted by atomic mass is 9.90. The smallest absolute Gasteiger partial charge is 0.324 e. The molecule has 196 valence electrons. The Balaban J connectivity index is 1.35. The van der Waals surface area contributed by atoms with E-state index in [9.17, 15) is 9.59 Å². The number of nitrogens with zero attached hydrogens (tertiary/aromatic N) is 2. The average molecular weight is 532 g/mol. The maximum Gasteiger partial charge on any atom is 0.324 e. The number of carboxylic acids is 1. The maximum absolute atomic E-state index is 13.6. The number of amides is 2. The van der Waals surface area contributed by atoms with Crippen LogP contribution in [0.2, 0.25) is 0 Å². The molecule has 2 fully saturated rings. The molecule has 7 nitrogen and oxygen atoms in total. The van der Waals surface area contributed by atoms with Crippen molar-refractivity contribution in [3.8, 4) is 0 Å². The number of urea groups is 1. The summed E-state index contributed by atoms with van der Waals surface area (Å²) in [5, 5.41) is 12.5. The first kappa shape index (κ1) is 26.9. The molecule has 2 aliphatic rings. The van der Waals surface area contributed by atoms with Crippen LogP contribution in [-0.2, 0) is 16.1 Å². The number of hydrogen-bond donors (Lipinski definition) is 2. The molecule has 2 aliphatic carbocycles. The van der Waals surface area contributed by atoms with Gasteiger partial charge < -0.3 is 14.7 Å². The van der Waals surface area contributed by atoms with Gasteiger partial charge in [0.1, 0.15) is 0 Å². The number of aromatic nitrogens is 1. The molecular formula is C27H37N3O4S2. The minimum absolute atomic E-state index is 0.0491. The van der Waals surface area contributed by atoms with Crippen LogP contribution >= 0.6 is 23.1 Å². The number of thiazole rings is 1. The van der Waals surface area contributed by atoms with Crippen molar-refractivity contribution in [3.05, 3.63) is 42.1 Å². The molecule has 2 amide bonds. The van der Waals surface area contributed by atoms with Crippen LogP contribution < -0.4 is 5.32 Å². The number of carbonyl (C=O) groups excluding carboxylic acids is 1. The van der Waals surface area contributed by atoms with Gasteiger partial charge in [-0.05, 0) is 44.1 Å². The third-order valence-corrected chi connectivity index (χ3v) is 9.19. The van der Waals surface area contributed by atoms with Gasteiger partial charge in [-0.2, -0.15) is 0 Å². The Bertz CT molecular complexity index is 955. The Morgan fingerprint density at radius 1 is 1.03 bits per heavy atom. The summed E-state index contributed by atoms with van der Waals surface area (Å²) in [4.78, 5) is 30.9. The van der Waals surface area contributed by atoms with Crippen molar-refractivity contribution in [2.24, 2.45) is 0 Å². The summed E-state index contributed by atoms with van der Waals surface area (Å²) in [5.41, 5.74) is 1.20. The van der Waals surface area contributed by atoms with E-state index in [0.717, 1.165) is 42.7 Å². The molecule has 1 aromatic heterocycles. The van der Waals surface area contributed by atoms with Gasteiger partial charge in [-0.25, -0.2) is 9.78 Å². The van der Waals surface area contributed by atoms with Crippen molar-refractivity contribution < 1.29 is 19.4 Å². The van der Waals surface area contributed by atoms with Gasteiger partial charge in [-0.15, -0.1) is 11.8 Å². The van der Waals surface area contributed by atoms with Crippen LogP contribution in [0.25, 0.3) is 0 Å². The number of rotatable bonds is 10. The molecule has 1 heterocycles. The second-order valence-electron chi connectivity index (χ2n) is 9.69. The SMILES string of the molecule is O=C(O)CCSc1cnc(NC(=O)N(C2CCCCCC2)[C@H]2CC[C@H](OCc3ccccc3)CC2)s1. The van der Waals surface area contributed by atoms with Crippen LogP contribution in [0, 0.1) is 0 Å². The lowest BCUT2D eigenvalue weighted by Gasteiger charge is -2.41. The Kier molecular flexibility index (Phi) is 10.5. The number of hydrogen-bond acceptors (Lipinski definition) is 6. The van der Waals surface area contributed by atoms with Crippen molar-refractivity contribution in [2.75, 3.05) is 11.1 Å². The Morgan fingerprint density at radius 3 is 2.42 bits per heavy atom. The minimum Gasteiger partial charge on any atom is -0.481 e. The van der Waals surface area contributed by atoms with Crippen LogP contribution in [0.5, 0.6) is 0 Å². The highest BCUT2D eigenvalue weighted by Gasteiger charge is 2.34. The highest BCUT2D eigenvalue weighted by atomic mass is 32.2. The van der Waals surface area contributed by atoms with E-state index in [2.05, 4.69) is 27.3 Å². The van der Waals surface area contributed by atoms with Crippen molar-refractivity contribution in [1.82, 2.24) is 9.88 Å². The topological polar surface area (TPSA) is 91.8 Å². The van der Waals surface area contributed by atoms with Crippen molar-refractivity contribution in [2.45, 2.75) is 99.6 Å². The lowest BCUT2D eigenvalue weighted by molar-refractivity contribution is -0.136. The van der Waals surface area contributed by atoms with Crippen LogP contribution in [-0.4, -0.2) is 50.9 Å². The molecule has 4 rings (SSSR count). The summed E-state index contributed by atoms with van der Waals surface area (Å²) >= 11 is 2.88. The summed E-state index contributed by atoms with van der Waals surface area (Å²) in [7, 11) is 0. The molecule has 1 aromatic carbocycles. The van der Waals surface area contributed by atoms with E-state index in [1.54, 1.807) is 6.20 Å². The van der Waals surface area contributed by atoms with Gasteiger partial charge in [0.2, 0.25) is 0 Å². The number of carbonyl (C=O) groups is 2. The van der Waals surface area contributed by atoms with E-state index < -0.39 is 5.97 Å². The zero-order valence-corrected chi connectivity index (χ0v) is 22.4. The van der Waals surface area contributed by atoms with E-state index in [0.29, 0.717) is 17.5 Å². The lowest BCUT2D eigenvalue weighted by Crippen LogP contribution is -2.50. The van der Waals surface area contributed by atoms with Crippen LogP contribution in [0.3, 0.4) is 0 Å². The first-order valence-corrected chi connectivity index (χ1v) is 14.9. The first-order valence-electron chi connectivity index (χ1n) is 13.1. The number of anilines is 1. The zero-order chi connectivity index (χ0) is 25.2. The van der Waals surface area contributed by atoms with Crippen LogP contribution in [0.1, 0.15) is 76.2 Å². The maximum atomic E-state index is 13.6. The molecule has 0 aliphatic heterocycles. The molecule has 0 saturated heterocycles. The van der Waals surface area contributed by atoms with E-state index in [-0.39, 0.29) is 30.6 Å². The fraction of sp³-hybridized carbons (Fsp3) is 0.593. The van der Waals surface area contributed by atoms with Crippen molar-refractivity contribution >= 4 is 40.2 Å². The number of nitrogens with one attached hydrogen (secondary N) is 1. The number of carboxylic acid groups (broad SMARTS) is 1. The molecular weight excluding hydrogens is 494 g/mol. The summed E-state index contributed by atoms with van der Waals surface area (Å²) in [6.45, 7) is 0.639. The summed E-state index contributed by atoms with van der Waals surface area (Å²) in [6.07, 6.45) is 12.9. The van der Waals surface area contributed by atoms with Gasteiger partial charge >= 0.3 is 12.0 Å². The summed E-state index contributed by atoms with van der Waals surface area (Å²) in [6, 6.07) is 10.7. The molecule has 0 atom stereocenters. The fourth-order valence-electron chi connectivity index (χ4n) is 5.22. The van der Waals surface area contributed by atoms with Crippen molar-refractivity contribution in [1.29, 1.82) is 0 Å². The van der Waals surface area contributed by atoms with Gasteiger partial charge in [0.15, 0.2) is 5.13 Å². The third kappa shape index (κ3) is 8.21. The standard InChI is InChI=1S/C27H37N3O4S2/c31-24(32)16-17-35-25-18-28-26(36-25)29-27(33)30(21-10-6-1-2-7-11-21)22-12-14-23(15-13-22)34-19-20-8-4-3-5-9-20/h3-5,8-9,18,21-23H,1-2,6-7,10-17,19H2,(H,31,32)(H,28,29,33)/t22-,23-. The van der Waals surface area contributed by atoms with E-state index >= 15 is 0 Å². The average Bonchev–Trinajstić information content (AvgIpc) is 3.15. The molecule has 36 heavy (non-hydrogen) atoms. The highest BCUT2D eigenvalue weighted by molar-refractivity contribution is 8.01. The third-order valence-electron chi connectivity index (χ3n) is 7.08. The Labute approximate surface area is 222 Å². The van der Waals surface area contributed by atoms with Gasteiger partial charge in [0, 0.05) is 17.8 Å². The van der Waals surface area contributed by atoms with Crippen LogP contribution in [0.4, 0.5) is 9.93 Å². The number of benzene rings is 1. The van der Waals surface area contributed by atoms with Gasteiger partial charge in [0.25, 0.3) is 0 Å². The molecule has 2 aromatic rings. The molecule has 2 N–H and O–H groups in total. The Hall–Kier alpha value is -2.10. The quantitative estimate of drug-likeness (QED) is 0.259. The molecule has 0 unspecified atom stereocenters. The molecule has 0 radical (unpaired) electrons. The number of aliphatic carboxylic acids is 1. The zero-order valence-electron chi connectivity index (χ0n) is 20.8. The summed E-state index contributed by atoms with van der Waals surface area (Å²) < 4.78 is 7.12. The van der Waals surface area contributed by atoms with Gasteiger partial charge in [0.05, 0.1) is 29.5 Å². The van der Waals surface area contributed by atoms with E-state index in [4.69, 9.17) is 9.84 Å². The van der Waals surface area contributed by atoms with Crippen LogP contribution in [0.15, 0.2) is 40.7 Å². The van der Waals surface area contributed by atoms with Crippen molar-refractivity contribution in [3.63, 3.8) is 0 Å². The summed E-state index contributed by atoms with van der Waals surface area (Å²) in [5.74, 6) is -0.311. The van der Waals surface area contributed by atoms with E-state index in [1.807, 2.05) is 18.2 Å². The monoisotopic (exact) mass is 531 g/mol. The van der Waals surface area contributed by atoms with E-state index in [1.165, 1.54) is 54.3 Å². The molecule has 9 heteroatoms. The van der Waals surface area contributed by atoms with Gasteiger partial charge in [-0.1, -0.05) is 67.4 Å². The molecule has 0 spiro atoms. The predicted octanol–water partition coefficient (Wildman–Crippen LogP) is 6.79. The number of thioether (sulfide) groups is 1. The highest BCUT2D eigenvalue weighted by Crippen LogP contribution is 2.33. The first-order chi connectivity index (χ1) is 17.6. The molecule has 2 saturated carbocycles.